The van der Waals surface area contributed by atoms with Crippen molar-refractivity contribution in [3.63, 3.8) is 0 Å². The van der Waals surface area contributed by atoms with Crippen molar-refractivity contribution in [1.82, 2.24) is 10.2 Å². The van der Waals surface area contributed by atoms with Gasteiger partial charge in [-0.1, -0.05) is 13.3 Å². The van der Waals surface area contributed by atoms with Gasteiger partial charge in [0.25, 0.3) is 0 Å². The molecule has 3 nitrogen and oxygen atoms in total. The summed E-state index contributed by atoms with van der Waals surface area (Å²) < 4.78 is 0. The van der Waals surface area contributed by atoms with E-state index in [1.807, 2.05) is 0 Å². The largest absolute Gasteiger partial charge is 0.348 e. The second-order valence-electron chi connectivity index (χ2n) is 4.39. The van der Waals surface area contributed by atoms with Crippen molar-refractivity contribution in [3.8, 4) is 0 Å². The molecule has 2 rings (SSSR count). The summed E-state index contributed by atoms with van der Waals surface area (Å²) >= 11 is 0. The smallest absolute Gasteiger partial charge is 0.234 e. The van der Waals surface area contributed by atoms with Crippen LogP contribution in [0.25, 0.3) is 0 Å². The van der Waals surface area contributed by atoms with Crippen molar-refractivity contribution in [2.75, 3.05) is 19.6 Å². The minimum atomic E-state index is 0.197. The van der Waals surface area contributed by atoms with Crippen LogP contribution in [0.2, 0.25) is 0 Å². The van der Waals surface area contributed by atoms with Gasteiger partial charge in [0, 0.05) is 6.54 Å². The molecule has 0 bridgehead atoms. The molecular formula is C10H18N2O. The summed E-state index contributed by atoms with van der Waals surface area (Å²) in [6, 6.07) is 0. The Bertz CT molecular complexity index is 211. The van der Waals surface area contributed by atoms with Crippen LogP contribution in [0.3, 0.4) is 0 Å². The van der Waals surface area contributed by atoms with Crippen LogP contribution in [0, 0.1) is 0 Å². The number of hydrogen-bond acceptors (Lipinski definition) is 2. The van der Waals surface area contributed by atoms with Crippen molar-refractivity contribution < 1.29 is 4.79 Å². The van der Waals surface area contributed by atoms with E-state index in [-0.39, 0.29) is 11.4 Å². The maximum Gasteiger partial charge on any atom is 0.234 e. The molecule has 1 saturated carbocycles. The fourth-order valence-corrected chi connectivity index (χ4v) is 2.04. The molecule has 0 atom stereocenters. The lowest BCUT2D eigenvalue weighted by Crippen LogP contribution is -2.55. The van der Waals surface area contributed by atoms with Gasteiger partial charge in [0.1, 0.15) is 0 Å². The number of hydrogen-bond donors (Lipinski definition) is 1. The van der Waals surface area contributed by atoms with Crippen molar-refractivity contribution in [2.45, 2.75) is 38.1 Å². The molecule has 1 spiro atoms. The highest BCUT2D eigenvalue weighted by Gasteiger charge is 2.47. The van der Waals surface area contributed by atoms with Gasteiger partial charge < -0.3 is 5.32 Å². The Morgan fingerprint density at radius 1 is 1.54 bits per heavy atom. The van der Waals surface area contributed by atoms with Crippen molar-refractivity contribution in [2.24, 2.45) is 0 Å². The molecule has 0 aromatic heterocycles. The molecule has 3 heteroatoms. The molecule has 1 amide bonds. The molecule has 0 aromatic rings. The number of amides is 1. The molecule has 0 radical (unpaired) electrons. The van der Waals surface area contributed by atoms with E-state index in [9.17, 15) is 4.79 Å². The summed E-state index contributed by atoms with van der Waals surface area (Å²) in [7, 11) is 0. The van der Waals surface area contributed by atoms with Crippen LogP contribution in [0.1, 0.15) is 32.6 Å². The van der Waals surface area contributed by atoms with Crippen molar-refractivity contribution >= 4 is 5.91 Å². The highest BCUT2D eigenvalue weighted by Crippen LogP contribution is 2.37. The molecule has 13 heavy (non-hydrogen) atoms. The van der Waals surface area contributed by atoms with Crippen LogP contribution in [0.15, 0.2) is 0 Å². The molecule has 1 heterocycles. The van der Waals surface area contributed by atoms with Crippen LogP contribution in [-0.4, -0.2) is 36.0 Å². The summed E-state index contributed by atoms with van der Waals surface area (Å²) in [4.78, 5) is 13.6. The van der Waals surface area contributed by atoms with Gasteiger partial charge in [0.05, 0.1) is 12.1 Å². The maximum absolute atomic E-state index is 11.3. The van der Waals surface area contributed by atoms with E-state index in [1.54, 1.807) is 0 Å². The Kier molecular flexibility index (Phi) is 2.28. The zero-order chi connectivity index (χ0) is 9.31. The number of piperazine rings is 1. The number of carbonyl (C=O) groups excluding carboxylic acids is 1. The molecule has 1 aliphatic heterocycles. The van der Waals surface area contributed by atoms with E-state index < -0.39 is 0 Å². The summed E-state index contributed by atoms with van der Waals surface area (Å²) in [5.41, 5.74) is 0.197. The predicted molar refractivity (Wildman–Crippen MR) is 51.5 cm³/mol. The van der Waals surface area contributed by atoms with Crippen molar-refractivity contribution in [3.05, 3.63) is 0 Å². The van der Waals surface area contributed by atoms with Crippen LogP contribution in [0.4, 0.5) is 0 Å². The predicted octanol–water partition coefficient (Wildman–Crippen LogP) is 0.751. The van der Waals surface area contributed by atoms with Gasteiger partial charge in [-0.05, 0) is 25.8 Å². The number of rotatable bonds is 3. The molecule has 1 N–H and O–H groups in total. The van der Waals surface area contributed by atoms with Crippen molar-refractivity contribution in [1.29, 1.82) is 0 Å². The summed E-state index contributed by atoms with van der Waals surface area (Å²) in [6.45, 7) is 4.98. The minimum absolute atomic E-state index is 0.197. The molecule has 74 valence electrons. The molecule has 1 saturated heterocycles. The van der Waals surface area contributed by atoms with Gasteiger partial charge in [-0.25, -0.2) is 0 Å². The van der Waals surface area contributed by atoms with Gasteiger partial charge in [-0.2, -0.15) is 0 Å². The lowest BCUT2D eigenvalue weighted by Gasteiger charge is -2.33. The molecule has 0 aromatic carbocycles. The first-order valence-electron chi connectivity index (χ1n) is 5.27. The molecule has 1 aliphatic carbocycles. The van der Waals surface area contributed by atoms with E-state index >= 15 is 0 Å². The first-order chi connectivity index (χ1) is 6.24. The van der Waals surface area contributed by atoms with E-state index in [2.05, 4.69) is 17.1 Å². The summed E-state index contributed by atoms with van der Waals surface area (Å²) in [5.74, 6) is 0.222. The minimum Gasteiger partial charge on any atom is -0.348 e. The third kappa shape index (κ3) is 2.02. The molecule has 0 unspecified atom stereocenters. The van der Waals surface area contributed by atoms with Crippen LogP contribution >= 0.6 is 0 Å². The van der Waals surface area contributed by atoms with Gasteiger partial charge in [0.15, 0.2) is 0 Å². The Morgan fingerprint density at radius 3 is 2.92 bits per heavy atom. The topological polar surface area (TPSA) is 32.3 Å². The average molecular weight is 182 g/mol. The average Bonchev–Trinajstić information content (AvgIpc) is 2.80. The fraction of sp³-hybridized carbons (Fsp3) is 0.900. The number of nitrogens with zero attached hydrogens (tertiary/aromatic N) is 1. The first kappa shape index (κ1) is 9.00. The van der Waals surface area contributed by atoms with Gasteiger partial charge in [-0.3, -0.25) is 9.69 Å². The Hall–Kier alpha value is -0.570. The van der Waals surface area contributed by atoms with E-state index in [0.29, 0.717) is 6.54 Å². The Morgan fingerprint density at radius 2 is 2.31 bits per heavy atom. The summed E-state index contributed by atoms with van der Waals surface area (Å²) in [5, 5.41) is 3.09. The lowest BCUT2D eigenvalue weighted by molar-refractivity contribution is -0.126. The number of nitrogens with one attached hydrogen (secondary N) is 1. The van der Waals surface area contributed by atoms with Crippen LogP contribution < -0.4 is 5.32 Å². The Balaban J connectivity index is 1.86. The van der Waals surface area contributed by atoms with Gasteiger partial charge >= 0.3 is 0 Å². The van der Waals surface area contributed by atoms with Gasteiger partial charge in [-0.15, -0.1) is 0 Å². The highest BCUT2D eigenvalue weighted by molar-refractivity contribution is 5.80. The fourth-order valence-electron chi connectivity index (χ4n) is 2.04. The summed E-state index contributed by atoms with van der Waals surface area (Å²) in [6.07, 6.45) is 4.79. The lowest BCUT2D eigenvalue weighted by atomic mass is 10.1. The SMILES string of the molecule is CCCCN1CC(=O)NC2(CC2)C1. The number of carbonyl (C=O) groups is 1. The van der Waals surface area contributed by atoms with E-state index in [0.717, 1.165) is 13.1 Å². The van der Waals surface area contributed by atoms with Gasteiger partial charge in [0.2, 0.25) is 5.91 Å². The molecule has 2 aliphatic rings. The third-order valence-electron chi connectivity index (χ3n) is 2.98. The molecule has 2 fully saturated rings. The van der Waals surface area contributed by atoms with Crippen LogP contribution in [-0.2, 0) is 4.79 Å². The van der Waals surface area contributed by atoms with Crippen LogP contribution in [0.5, 0.6) is 0 Å². The van der Waals surface area contributed by atoms with E-state index in [4.69, 9.17) is 0 Å². The zero-order valence-corrected chi connectivity index (χ0v) is 8.31. The third-order valence-corrected chi connectivity index (χ3v) is 2.98. The zero-order valence-electron chi connectivity index (χ0n) is 8.31. The standard InChI is InChI=1S/C10H18N2O/c1-2-3-6-12-7-9(13)11-10(8-12)4-5-10/h2-8H2,1H3,(H,11,13). The Labute approximate surface area is 79.5 Å². The second kappa shape index (κ2) is 3.29. The second-order valence-corrected chi connectivity index (χ2v) is 4.39. The monoisotopic (exact) mass is 182 g/mol. The first-order valence-corrected chi connectivity index (χ1v) is 5.27. The number of unbranched alkanes of at least 4 members (excludes halogenated alkanes) is 1. The van der Waals surface area contributed by atoms with E-state index in [1.165, 1.54) is 25.7 Å². The highest BCUT2D eigenvalue weighted by atomic mass is 16.2. The normalized spacial score (nSPS) is 26.1. The molecular weight excluding hydrogens is 164 g/mol. The maximum atomic E-state index is 11.3. The quantitative estimate of drug-likeness (QED) is 0.698.